The fourth-order valence-corrected chi connectivity index (χ4v) is 2.64. The molecule has 27 heavy (non-hydrogen) atoms. The summed E-state index contributed by atoms with van der Waals surface area (Å²) in [5.41, 5.74) is 11.3. The number of benzene rings is 1. The van der Waals surface area contributed by atoms with Crippen LogP contribution in [0.3, 0.4) is 0 Å². The third-order valence-corrected chi connectivity index (χ3v) is 3.99. The van der Waals surface area contributed by atoms with Gasteiger partial charge in [-0.2, -0.15) is 0 Å². The highest BCUT2D eigenvalue weighted by Gasteiger charge is 2.23. The number of para-hydroxylation sites is 1. The summed E-state index contributed by atoms with van der Waals surface area (Å²) in [6, 6.07) is 12.5. The van der Waals surface area contributed by atoms with Crippen molar-refractivity contribution in [3.63, 3.8) is 0 Å². The molecular weight excluding hydrogens is 350 g/mol. The minimum atomic E-state index is -0.609. The molecule has 0 unspecified atom stereocenters. The van der Waals surface area contributed by atoms with E-state index >= 15 is 0 Å². The van der Waals surface area contributed by atoms with Crippen LogP contribution in [-0.2, 0) is 0 Å². The third-order valence-electron chi connectivity index (χ3n) is 3.99. The highest BCUT2D eigenvalue weighted by molar-refractivity contribution is 5.63. The van der Waals surface area contributed by atoms with Gasteiger partial charge in [0.05, 0.1) is 17.5 Å². The molecule has 3 heterocycles. The van der Waals surface area contributed by atoms with Crippen LogP contribution in [0.15, 0.2) is 64.5 Å². The number of nitrogens with zero attached hydrogens (tertiary/aromatic N) is 5. The number of anilines is 1. The monoisotopic (exact) mass is 365 g/mol. The van der Waals surface area contributed by atoms with Gasteiger partial charge in [-0.15, -0.1) is 10.2 Å². The first-order valence-corrected chi connectivity index (χ1v) is 7.97. The molecule has 0 amide bonds. The number of aromatic nitrogens is 3. The molecule has 2 aromatic heterocycles. The van der Waals surface area contributed by atoms with Gasteiger partial charge in [-0.1, -0.05) is 18.2 Å². The predicted molar refractivity (Wildman–Crippen MR) is 98.8 cm³/mol. The van der Waals surface area contributed by atoms with Gasteiger partial charge in [-0.05, 0) is 18.2 Å². The van der Waals surface area contributed by atoms with Crippen molar-refractivity contribution < 1.29 is 9.34 Å². The molecule has 1 aliphatic rings. The van der Waals surface area contributed by atoms with Gasteiger partial charge >= 0.3 is 5.88 Å². The lowest BCUT2D eigenvalue weighted by atomic mass is 10.2. The fraction of sp³-hybridized carbons (Fsp3) is 0.0588. The molecule has 0 bridgehead atoms. The van der Waals surface area contributed by atoms with Gasteiger partial charge < -0.3 is 15.1 Å². The van der Waals surface area contributed by atoms with Crippen LogP contribution in [0.1, 0.15) is 5.82 Å². The van der Waals surface area contributed by atoms with Crippen molar-refractivity contribution >= 4 is 17.6 Å². The zero-order valence-corrected chi connectivity index (χ0v) is 14.2. The molecule has 136 valence electrons. The van der Waals surface area contributed by atoms with Gasteiger partial charge in [0.25, 0.3) is 0 Å². The average Bonchev–Trinajstić information content (AvgIpc) is 3.29. The molecule has 0 saturated heterocycles. The molecule has 0 saturated carbocycles. The van der Waals surface area contributed by atoms with Crippen LogP contribution in [-0.4, -0.2) is 26.8 Å². The summed E-state index contributed by atoms with van der Waals surface area (Å²) in [5.74, 6) is 0.613. The molecule has 0 spiro atoms. The van der Waals surface area contributed by atoms with Gasteiger partial charge in [0.2, 0.25) is 5.82 Å². The molecular formula is C17H15N7O3. The van der Waals surface area contributed by atoms with E-state index < -0.39 is 4.92 Å². The first kappa shape index (κ1) is 16.4. The topological polar surface area (TPSA) is 128 Å². The van der Waals surface area contributed by atoms with Crippen LogP contribution in [0.2, 0.25) is 0 Å². The van der Waals surface area contributed by atoms with Crippen LogP contribution in [0, 0.1) is 10.1 Å². The molecule has 10 nitrogen and oxygen atoms in total. The van der Waals surface area contributed by atoms with Crippen LogP contribution in [0.25, 0.3) is 17.7 Å². The highest BCUT2D eigenvalue weighted by atomic mass is 16.6. The van der Waals surface area contributed by atoms with E-state index in [0.717, 1.165) is 5.69 Å². The second kappa shape index (κ2) is 6.33. The summed E-state index contributed by atoms with van der Waals surface area (Å²) in [5, 5.41) is 18.9. The first-order valence-electron chi connectivity index (χ1n) is 7.97. The molecule has 1 aliphatic heterocycles. The zero-order chi connectivity index (χ0) is 19.0. The van der Waals surface area contributed by atoms with Gasteiger partial charge in [0.15, 0.2) is 11.6 Å². The minimum absolute atomic E-state index is 0.220. The number of nitro groups is 1. The van der Waals surface area contributed by atoms with Crippen LogP contribution in [0.5, 0.6) is 0 Å². The van der Waals surface area contributed by atoms with E-state index in [2.05, 4.69) is 15.6 Å². The smallest absolute Gasteiger partial charge is 0.397 e. The number of fused-ring (bicyclic) bond motifs is 1. The van der Waals surface area contributed by atoms with E-state index in [9.17, 15) is 10.1 Å². The Morgan fingerprint density at radius 2 is 2.04 bits per heavy atom. The summed E-state index contributed by atoms with van der Waals surface area (Å²) >= 11 is 0. The Labute approximate surface area is 153 Å². The summed E-state index contributed by atoms with van der Waals surface area (Å²) < 4.78 is 6.78. The first-order chi connectivity index (χ1) is 13.0. The summed E-state index contributed by atoms with van der Waals surface area (Å²) in [6.07, 6.45) is 3.49. The lowest BCUT2D eigenvalue weighted by Gasteiger charge is -2.22. The highest BCUT2D eigenvalue weighted by Crippen LogP contribution is 2.27. The maximum absolute atomic E-state index is 10.8. The van der Waals surface area contributed by atoms with E-state index in [1.54, 1.807) is 10.8 Å². The lowest BCUT2D eigenvalue weighted by Crippen LogP contribution is -2.27. The fourth-order valence-electron chi connectivity index (χ4n) is 2.64. The zero-order valence-electron chi connectivity index (χ0n) is 14.2. The number of nitrogens with one attached hydrogen (secondary N) is 1. The Kier molecular flexibility index (Phi) is 3.84. The molecule has 10 heteroatoms. The van der Waals surface area contributed by atoms with Crippen LogP contribution >= 0.6 is 0 Å². The Balaban J connectivity index is 1.68. The molecule has 0 atom stereocenters. The Hall–Kier alpha value is -4.08. The SMILES string of the molecule is CN(C=C1Nn2c(nnc2-c2ccc([N+](=O)[O-])o2)C=C1N)c1ccccc1. The van der Waals surface area contributed by atoms with E-state index in [0.29, 0.717) is 23.0 Å². The van der Waals surface area contributed by atoms with Crippen molar-refractivity contribution in [1.29, 1.82) is 0 Å². The summed E-state index contributed by atoms with van der Waals surface area (Å²) in [4.78, 5) is 12.1. The molecule has 0 aliphatic carbocycles. The van der Waals surface area contributed by atoms with Gasteiger partial charge in [0, 0.05) is 25.0 Å². The van der Waals surface area contributed by atoms with Gasteiger partial charge in [0.1, 0.15) is 4.92 Å². The van der Waals surface area contributed by atoms with Crippen molar-refractivity contribution in [1.82, 2.24) is 14.9 Å². The Morgan fingerprint density at radius 1 is 1.26 bits per heavy atom. The molecule has 0 fully saturated rings. The molecule has 4 rings (SSSR count). The Bertz CT molecular complexity index is 1070. The van der Waals surface area contributed by atoms with Crippen molar-refractivity contribution in [2.45, 2.75) is 0 Å². The second-order valence-electron chi connectivity index (χ2n) is 5.81. The van der Waals surface area contributed by atoms with Crippen LogP contribution < -0.4 is 16.1 Å². The lowest BCUT2D eigenvalue weighted by molar-refractivity contribution is -0.401. The molecule has 3 N–H and O–H groups in total. The number of rotatable bonds is 4. The van der Waals surface area contributed by atoms with Crippen molar-refractivity contribution in [3.8, 4) is 11.6 Å². The van der Waals surface area contributed by atoms with E-state index in [1.807, 2.05) is 48.5 Å². The maximum Gasteiger partial charge on any atom is 0.433 e. The number of furan rings is 1. The normalized spacial score (nSPS) is 14.4. The van der Waals surface area contributed by atoms with Crippen LogP contribution in [0.4, 0.5) is 11.6 Å². The van der Waals surface area contributed by atoms with Crippen molar-refractivity contribution in [3.05, 3.63) is 76.0 Å². The number of hydrogen-bond donors (Lipinski definition) is 2. The van der Waals surface area contributed by atoms with E-state index in [1.165, 1.54) is 12.1 Å². The predicted octanol–water partition coefficient (Wildman–Crippen LogP) is 2.28. The number of nitrogens with two attached hydrogens (primary N) is 1. The largest absolute Gasteiger partial charge is 0.433 e. The third kappa shape index (κ3) is 2.99. The average molecular weight is 365 g/mol. The maximum atomic E-state index is 10.8. The minimum Gasteiger partial charge on any atom is -0.397 e. The Morgan fingerprint density at radius 3 is 2.74 bits per heavy atom. The molecule has 3 aromatic rings. The molecule has 0 radical (unpaired) electrons. The quantitative estimate of drug-likeness (QED) is 0.532. The van der Waals surface area contributed by atoms with E-state index in [-0.39, 0.29) is 11.6 Å². The van der Waals surface area contributed by atoms with Gasteiger partial charge in [-0.3, -0.25) is 15.5 Å². The molecule has 1 aromatic carbocycles. The standard InChI is InChI=1S/C17H15N7O3/c1-22(11-5-3-2-4-6-11)10-13-12(18)9-15-19-20-17(23(15)21-13)14-7-8-16(27-14)24(25)26/h2-10,21H,18H2,1H3. The summed E-state index contributed by atoms with van der Waals surface area (Å²) in [7, 11) is 1.90. The van der Waals surface area contributed by atoms with Crippen molar-refractivity contribution in [2.24, 2.45) is 5.73 Å². The van der Waals surface area contributed by atoms with Crippen molar-refractivity contribution in [2.75, 3.05) is 17.4 Å². The second-order valence-corrected chi connectivity index (χ2v) is 5.81. The van der Waals surface area contributed by atoms with E-state index in [4.69, 9.17) is 10.2 Å². The van der Waals surface area contributed by atoms with Gasteiger partial charge in [-0.25, -0.2) is 4.68 Å². The summed E-state index contributed by atoms with van der Waals surface area (Å²) in [6.45, 7) is 0. The number of hydrogen-bond acceptors (Lipinski definition) is 8.